The number of benzene rings is 1. The molecule has 0 aliphatic carbocycles. The number of hydrogen-bond donors (Lipinski definition) is 0. The molecule has 19 heavy (non-hydrogen) atoms. The van der Waals surface area contributed by atoms with E-state index in [1.165, 1.54) is 6.42 Å². The third kappa shape index (κ3) is 4.39. The Kier molecular flexibility index (Phi) is 7.24. The van der Waals surface area contributed by atoms with Crippen molar-refractivity contribution >= 4 is 5.91 Å². The van der Waals surface area contributed by atoms with Crippen molar-refractivity contribution in [1.29, 1.82) is 0 Å². The maximum absolute atomic E-state index is 12.3. The Bertz CT molecular complexity index is 387. The summed E-state index contributed by atoms with van der Waals surface area (Å²) in [4.78, 5) is 14.3. The van der Waals surface area contributed by atoms with Gasteiger partial charge in [-0.1, -0.05) is 35.9 Å². The van der Waals surface area contributed by atoms with E-state index in [4.69, 9.17) is 0 Å². The molecule has 1 saturated heterocycles. The molecule has 0 spiro atoms. The molecule has 2 nitrogen and oxygen atoms in total. The largest absolute Gasteiger partial charge is 0.345 e. The number of carbonyl (C=O) groups is 1. The molecule has 0 N–H and O–H groups in total. The zero-order chi connectivity index (χ0) is 13.0. The number of hydrogen-bond acceptors (Lipinski definition) is 1. The van der Waals surface area contributed by atoms with E-state index < -0.39 is 0 Å². The SMILES string of the molecule is [CH2-]C(C(=O)N1CCCCC1)C([CH2-])c1ccccc1.[Y]. The molecule has 1 aromatic rings. The standard InChI is InChI=1S/C16H21NO.Y/c1-13(15-9-5-3-6-10-15)14(2)16(18)17-11-7-4-8-12-17;/h3,5-6,9-10,13-14H,1-2,4,7-8,11-12H2;/q-2;. The van der Waals surface area contributed by atoms with Gasteiger partial charge in [0.2, 0.25) is 0 Å². The Morgan fingerprint density at radius 2 is 1.63 bits per heavy atom. The number of nitrogens with zero attached hydrogens (tertiary/aromatic N) is 1. The van der Waals surface area contributed by atoms with Crippen LogP contribution in [0, 0.1) is 19.8 Å². The molecule has 1 fully saturated rings. The molecule has 1 amide bonds. The molecule has 3 heteroatoms. The molecule has 2 unspecified atom stereocenters. The summed E-state index contributed by atoms with van der Waals surface area (Å²) in [5.41, 5.74) is 1.09. The van der Waals surface area contributed by atoms with Crippen LogP contribution in [0.3, 0.4) is 0 Å². The Balaban J connectivity index is 0.00000180. The fourth-order valence-electron chi connectivity index (χ4n) is 2.45. The fourth-order valence-corrected chi connectivity index (χ4v) is 2.45. The Morgan fingerprint density at radius 1 is 1.05 bits per heavy atom. The van der Waals surface area contributed by atoms with Gasteiger partial charge in [0.25, 0.3) is 0 Å². The summed E-state index contributed by atoms with van der Waals surface area (Å²) in [6.45, 7) is 9.91. The molecule has 0 saturated carbocycles. The van der Waals surface area contributed by atoms with Crippen molar-refractivity contribution in [3.8, 4) is 0 Å². The maximum Gasteiger partial charge on any atom is 0.193 e. The van der Waals surface area contributed by atoms with Gasteiger partial charge in [-0.3, -0.25) is 4.79 Å². The number of amides is 1. The molecule has 2 rings (SSSR count). The predicted molar refractivity (Wildman–Crippen MR) is 73.8 cm³/mol. The van der Waals surface area contributed by atoms with Gasteiger partial charge < -0.3 is 18.7 Å². The summed E-state index contributed by atoms with van der Waals surface area (Å²) < 4.78 is 0. The second-order valence-electron chi connectivity index (χ2n) is 5.01. The molecule has 2 atom stereocenters. The summed E-state index contributed by atoms with van der Waals surface area (Å²) in [6.07, 6.45) is 3.47. The van der Waals surface area contributed by atoms with Gasteiger partial charge in [-0.05, 0) is 19.3 Å². The molecule has 1 aliphatic heterocycles. The van der Waals surface area contributed by atoms with Gasteiger partial charge in [0, 0.05) is 45.8 Å². The second kappa shape index (κ2) is 8.16. The van der Waals surface area contributed by atoms with Gasteiger partial charge in [-0.2, -0.15) is 5.92 Å². The minimum atomic E-state index is -0.287. The molecule has 1 radical (unpaired) electrons. The molecule has 101 valence electrons. The van der Waals surface area contributed by atoms with E-state index in [-0.39, 0.29) is 50.5 Å². The average molecular weight is 332 g/mol. The van der Waals surface area contributed by atoms with E-state index in [0.29, 0.717) is 0 Å². The van der Waals surface area contributed by atoms with E-state index in [1.807, 2.05) is 35.2 Å². The summed E-state index contributed by atoms with van der Waals surface area (Å²) in [7, 11) is 0. The van der Waals surface area contributed by atoms with Crippen LogP contribution in [0.1, 0.15) is 30.7 Å². The first-order valence-electron chi connectivity index (χ1n) is 6.70. The van der Waals surface area contributed by atoms with Gasteiger partial charge in [-0.15, -0.1) is 5.92 Å². The Labute approximate surface area is 141 Å². The van der Waals surface area contributed by atoms with Crippen LogP contribution >= 0.6 is 0 Å². The minimum Gasteiger partial charge on any atom is -0.345 e. The van der Waals surface area contributed by atoms with E-state index in [1.54, 1.807) is 0 Å². The molecule has 0 bridgehead atoms. The third-order valence-electron chi connectivity index (χ3n) is 3.70. The van der Waals surface area contributed by atoms with Crippen LogP contribution in [0.4, 0.5) is 0 Å². The van der Waals surface area contributed by atoms with Crippen LogP contribution in [0.5, 0.6) is 0 Å². The first kappa shape index (κ1) is 16.8. The zero-order valence-corrected chi connectivity index (χ0v) is 14.3. The van der Waals surface area contributed by atoms with Crippen molar-refractivity contribution < 1.29 is 37.5 Å². The van der Waals surface area contributed by atoms with Gasteiger partial charge in [0.15, 0.2) is 5.91 Å². The number of carbonyl (C=O) groups excluding carboxylic acids is 1. The van der Waals surface area contributed by atoms with E-state index >= 15 is 0 Å². The van der Waals surface area contributed by atoms with Gasteiger partial charge in [-0.25, -0.2) is 0 Å². The quantitative estimate of drug-likeness (QED) is 0.779. The van der Waals surface area contributed by atoms with Gasteiger partial charge >= 0.3 is 0 Å². The van der Waals surface area contributed by atoms with Crippen molar-refractivity contribution in [2.45, 2.75) is 25.2 Å². The summed E-state index contributed by atoms with van der Waals surface area (Å²) in [5.74, 6) is -0.204. The van der Waals surface area contributed by atoms with Crippen LogP contribution in [-0.4, -0.2) is 23.9 Å². The average Bonchev–Trinajstić information content (AvgIpc) is 2.47. The van der Waals surface area contributed by atoms with Crippen molar-refractivity contribution in [3.05, 3.63) is 49.7 Å². The van der Waals surface area contributed by atoms with E-state index in [0.717, 1.165) is 31.5 Å². The summed E-state index contributed by atoms with van der Waals surface area (Å²) in [6, 6.07) is 9.96. The van der Waals surface area contributed by atoms with Crippen LogP contribution in [0.25, 0.3) is 0 Å². The monoisotopic (exact) mass is 332 g/mol. The predicted octanol–water partition coefficient (Wildman–Crippen LogP) is 3.06. The third-order valence-corrected chi connectivity index (χ3v) is 3.70. The number of piperidine rings is 1. The summed E-state index contributed by atoms with van der Waals surface area (Å²) in [5, 5.41) is 0. The first-order valence-corrected chi connectivity index (χ1v) is 6.70. The summed E-state index contributed by atoms with van der Waals surface area (Å²) >= 11 is 0. The Morgan fingerprint density at radius 3 is 2.21 bits per heavy atom. The first-order chi connectivity index (χ1) is 8.70. The topological polar surface area (TPSA) is 20.3 Å². The maximum atomic E-state index is 12.3. The van der Waals surface area contributed by atoms with Crippen molar-refractivity contribution in [3.63, 3.8) is 0 Å². The van der Waals surface area contributed by atoms with E-state index in [2.05, 4.69) is 13.8 Å². The molecule has 0 aromatic heterocycles. The Hall–Kier alpha value is -0.206. The molecule has 1 heterocycles. The van der Waals surface area contributed by atoms with Gasteiger partial charge in [0.1, 0.15) is 0 Å². The second-order valence-corrected chi connectivity index (χ2v) is 5.01. The molecular weight excluding hydrogens is 311 g/mol. The van der Waals surface area contributed by atoms with Crippen LogP contribution in [0.15, 0.2) is 30.3 Å². The van der Waals surface area contributed by atoms with Crippen LogP contribution in [-0.2, 0) is 37.5 Å². The number of likely N-dealkylation sites (tertiary alicyclic amines) is 1. The van der Waals surface area contributed by atoms with Crippen LogP contribution < -0.4 is 0 Å². The zero-order valence-electron chi connectivity index (χ0n) is 11.4. The molecule has 1 aliphatic rings. The minimum absolute atomic E-state index is 0. The molecule has 1 aromatic carbocycles. The van der Waals surface area contributed by atoms with Crippen molar-refractivity contribution in [2.24, 2.45) is 5.92 Å². The van der Waals surface area contributed by atoms with Crippen molar-refractivity contribution in [2.75, 3.05) is 13.1 Å². The van der Waals surface area contributed by atoms with Crippen LogP contribution in [0.2, 0.25) is 0 Å². The normalized spacial score (nSPS) is 18.3. The smallest absolute Gasteiger partial charge is 0.193 e. The van der Waals surface area contributed by atoms with Crippen molar-refractivity contribution in [1.82, 2.24) is 4.90 Å². The van der Waals surface area contributed by atoms with E-state index in [9.17, 15) is 4.79 Å². The fraction of sp³-hybridized carbons (Fsp3) is 0.438. The molecular formula is C16H21NOY-2. The number of rotatable bonds is 3. The van der Waals surface area contributed by atoms with Gasteiger partial charge in [0.05, 0.1) is 0 Å².